The van der Waals surface area contributed by atoms with Gasteiger partial charge >= 0.3 is 5.97 Å². The zero-order chi connectivity index (χ0) is 14.3. The number of carbonyl (C=O) groups is 2. The lowest BCUT2D eigenvalue weighted by molar-refractivity contribution is -0.124. The van der Waals surface area contributed by atoms with Gasteiger partial charge in [0, 0.05) is 12.2 Å². The zero-order valence-electron chi connectivity index (χ0n) is 10.6. The van der Waals surface area contributed by atoms with Crippen molar-refractivity contribution < 1.29 is 14.3 Å². The van der Waals surface area contributed by atoms with E-state index in [1.165, 1.54) is 0 Å². The highest BCUT2D eigenvalue weighted by atomic mass is 16.5. The van der Waals surface area contributed by atoms with E-state index in [4.69, 9.17) is 15.7 Å². The molecular formula is C13H15N3O3. The minimum Gasteiger partial charge on any atom is -0.452 e. The molecular weight excluding hydrogens is 246 g/mol. The average Bonchev–Trinajstić information content (AvgIpc) is 2.36. The van der Waals surface area contributed by atoms with Crippen LogP contribution >= 0.6 is 0 Å². The zero-order valence-corrected chi connectivity index (χ0v) is 10.6. The Morgan fingerprint density at radius 1 is 1.47 bits per heavy atom. The lowest BCUT2D eigenvalue weighted by Gasteiger charge is -2.07. The molecule has 0 aliphatic heterocycles. The number of nitriles is 1. The van der Waals surface area contributed by atoms with E-state index in [2.05, 4.69) is 5.32 Å². The summed E-state index contributed by atoms with van der Waals surface area (Å²) in [6.07, 6.45) is 0.219. The fraction of sp³-hybridized carbons (Fsp3) is 0.308. The molecule has 1 aromatic rings. The number of rotatable bonds is 5. The fourth-order valence-corrected chi connectivity index (χ4v) is 1.43. The van der Waals surface area contributed by atoms with Crippen molar-refractivity contribution in [3.63, 3.8) is 0 Å². The average molecular weight is 261 g/mol. The summed E-state index contributed by atoms with van der Waals surface area (Å²) in [4.78, 5) is 23.0. The highest BCUT2D eigenvalue weighted by molar-refractivity contribution is 5.93. The summed E-state index contributed by atoms with van der Waals surface area (Å²) in [5, 5.41) is 10.8. The van der Waals surface area contributed by atoms with Gasteiger partial charge in [0.15, 0.2) is 6.61 Å². The van der Waals surface area contributed by atoms with Crippen LogP contribution in [0.4, 0.5) is 5.69 Å². The molecule has 0 atom stereocenters. The summed E-state index contributed by atoms with van der Waals surface area (Å²) in [5.41, 5.74) is 7.20. The molecule has 3 N–H and O–H groups in total. The Morgan fingerprint density at radius 3 is 2.84 bits per heavy atom. The highest BCUT2D eigenvalue weighted by Gasteiger charge is 2.12. The third kappa shape index (κ3) is 4.68. The quantitative estimate of drug-likeness (QED) is 0.462. The first-order chi connectivity index (χ1) is 9.04. The number of nitrogens with one attached hydrogen (secondary N) is 1. The number of anilines is 1. The third-order valence-corrected chi connectivity index (χ3v) is 2.36. The number of nitrogens with zero attached hydrogens (tertiary/aromatic N) is 1. The fourth-order valence-electron chi connectivity index (χ4n) is 1.43. The lowest BCUT2D eigenvalue weighted by atomic mass is 10.1. The molecule has 0 aliphatic rings. The van der Waals surface area contributed by atoms with Crippen molar-refractivity contribution in [2.45, 2.75) is 13.3 Å². The normalized spacial score (nSPS) is 9.47. The van der Waals surface area contributed by atoms with Crippen molar-refractivity contribution in [2.75, 3.05) is 18.9 Å². The molecule has 1 rings (SSSR count). The summed E-state index contributed by atoms with van der Waals surface area (Å²) in [5.74, 6) is -1.01. The SMILES string of the molecule is Cc1cc(N)ccc1C(=O)OCC(=O)NCCC#N. The number of carbonyl (C=O) groups excluding carboxylic acids is 2. The van der Waals surface area contributed by atoms with Crippen molar-refractivity contribution in [3.8, 4) is 6.07 Å². The summed E-state index contributed by atoms with van der Waals surface area (Å²) in [7, 11) is 0. The van der Waals surface area contributed by atoms with Gasteiger partial charge in [0.1, 0.15) is 0 Å². The molecule has 1 aromatic carbocycles. The summed E-state index contributed by atoms with van der Waals surface area (Å²) in [6.45, 7) is 1.61. The molecule has 0 fully saturated rings. The van der Waals surface area contributed by atoms with Crippen LogP contribution in [0, 0.1) is 18.3 Å². The van der Waals surface area contributed by atoms with Crippen LogP contribution in [0.3, 0.4) is 0 Å². The molecule has 6 heteroatoms. The number of nitrogen functional groups attached to an aromatic ring is 1. The molecule has 6 nitrogen and oxygen atoms in total. The Kier molecular flexibility index (Phi) is 5.35. The smallest absolute Gasteiger partial charge is 0.338 e. The second kappa shape index (κ2) is 7.01. The van der Waals surface area contributed by atoms with Gasteiger partial charge in [-0.25, -0.2) is 4.79 Å². The first kappa shape index (κ1) is 14.5. The van der Waals surface area contributed by atoms with E-state index in [0.717, 1.165) is 0 Å². The van der Waals surface area contributed by atoms with Crippen molar-refractivity contribution in [1.82, 2.24) is 5.32 Å². The summed E-state index contributed by atoms with van der Waals surface area (Å²) >= 11 is 0. The molecule has 0 bridgehead atoms. The molecule has 0 spiro atoms. The van der Waals surface area contributed by atoms with Gasteiger partial charge in [-0.15, -0.1) is 0 Å². The largest absolute Gasteiger partial charge is 0.452 e. The Morgan fingerprint density at radius 2 is 2.21 bits per heavy atom. The monoisotopic (exact) mass is 261 g/mol. The molecule has 0 aliphatic carbocycles. The van der Waals surface area contributed by atoms with E-state index in [9.17, 15) is 9.59 Å². The maximum Gasteiger partial charge on any atom is 0.338 e. The van der Waals surface area contributed by atoms with Crippen LogP contribution in [0.2, 0.25) is 0 Å². The predicted molar refractivity (Wildman–Crippen MR) is 69.1 cm³/mol. The number of hydrogen-bond acceptors (Lipinski definition) is 5. The van der Waals surface area contributed by atoms with Crippen LogP contribution < -0.4 is 11.1 Å². The van der Waals surface area contributed by atoms with Gasteiger partial charge in [-0.3, -0.25) is 4.79 Å². The van der Waals surface area contributed by atoms with Crippen molar-refractivity contribution >= 4 is 17.6 Å². The Bertz CT molecular complexity index is 520. The van der Waals surface area contributed by atoms with E-state index in [1.54, 1.807) is 25.1 Å². The van der Waals surface area contributed by atoms with Gasteiger partial charge in [-0.05, 0) is 30.7 Å². The number of aryl methyl sites for hydroxylation is 1. The van der Waals surface area contributed by atoms with Crippen LogP contribution in [0.15, 0.2) is 18.2 Å². The number of ether oxygens (including phenoxy) is 1. The van der Waals surface area contributed by atoms with Crippen LogP contribution in [-0.4, -0.2) is 25.0 Å². The minimum atomic E-state index is -0.576. The lowest BCUT2D eigenvalue weighted by Crippen LogP contribution is -2.29. The number of nitrogens with two attached hydrogens (primary N) is 1. The van der Waals surface area contributed by atoms with Gasteiger partial charge in [-0.1, -0.05) is 0 Å². The van der Waals surface area contributed by atoms with E-state index in [0.29, 0.717) is 16.8 Å². The minimum absolute atomic E-state index is 0.219. The van der Waals surface area contributed by atoms with Crippen molar-refractivity contribution in [1.29, 1.82) is 5.26 Å². The summed E-state index contributed by atoms with van der Waals surface area (Å²) in [6, 6.07) is 6.70. The molecule has 1 amide bonds. The number of amides is 1. The van der Waals surface area contributed by atoms with E-state index < -0.39 is 11.9 Å². The first-order valence-corrected chi connectivity index (χ1v) is 5.71. The second-order valence-corrected chi connectivity index (χ2v) is 3.91. The van der Waals surface area contributed by atoms with Crippen molar-refractivity contribution in [3.05, 3.63) is 29.3 Å². The van der Waals surface area contributed by atoms with E-state index >= 15 is 0 Å². The topological polar surface area (TPSA) is 105 Å². The van der Waals surface area contributed by atoms with Crippen LogP contribution in [0.1, 0.15) is 22.3 Å². The van der Waals surface area contributed by atoms with Gasteiger partial charge in [0.2, 0.25) is 0 Å². The van der Waals surface area contributed by atoms with Crippen LogP contribution in [0.25, 0.3) is 0 Å². The van der Waals surface area contributed by atoms with Gasteiger partial charge in [0.25, 0.3) is 5.91 Å². The Hall–Kier alpha value is -2.55. The first-order valence-electron chi connectivity index (χ1n) is 5.71. The maximum atomic E-state index is 11.7. The standard InChI is InChI=1S/C13H15N3O3/c1-9-7-10(15)3-4-11(9)13(18)19-8-12(17)16-6-2-5-14/h3-4,7H,2,6,8,15H2,1H3,(H,16,17). The molecule has 0 radical (unpaired) electrons. The number of benzene rings is 1. The van der Waals surface area contributed by atoms with Gasteiger partial charge < -0.3 is 15.8 Å². The van der Waals surface area contributed by atoms with Crippen LogP contribution in [-0.2, 0) is 9.53 Å². The van der Waals surface area contributed by atoms with E-state index in [-0.39, 0.29) is 19.6 Å². The molecule has 0 saturated heterocycles. The molecule has 19 heavy (non-hydrogen) atoms. The molecule has 100 valence electrons. The second-order valence-electron chi connectivity index (χ2n) is 3.91. The van der Waals surface area contributed by atoms with Gasteiger partial charge in [-0.2, -0.15) is 5.26 Å². The van der Waals surface area contributed by atoms with E-state index in [1.807, 2.05) is 6.07 Å². The summed E-state index contributed by atoms with van der Waals surface area (Å²) < 4.78 is 4.87. The third-order valence-electron chi connectivity index (χ3n) is 2.36. The molecule has 0 saturated carbocycles. The predicted octanol–water partition coefficient (Wildman–Crippen LogP) is 0.764. The molecule has 0 aromatic heterocycles. The number of hydrogen-bond donors (Lipinski definition) is 2. The highest BCUT2D eigenvalue weighted by Crippen LogP contribution is 2.13. The number of esters is 1. The van der Waals surface area contributed by atoms with Crippen LogP contribution in [0.5, 0.6) is 0 Å². The maximum absolute atomic E-state index is 11.7. The Labute approximate surface area is 111 Å². The van der Waals surface area contributed by atoms with Crippen molar-refractivity contribution in [2.24, 2.45) is 0 Å². The Balaban J connectivity index is 2.47. The van der Waals surface area contributed by atoms with Gasteiger partial charge in [0.05, 0.1) is 18.1 Å². The molecule has 0 heterocycles. The molecule has 0 unspecified atom stereocenters.